The van der Waals surface area contributed by atoms with Gasteiger partial charge in [-0.2, -0.15) is 0 Å². The third-order valence-corrected chi connectivity index (χ3v) is 3.63. The first-order valence-corrected chi connectivity index (χ1v) is 7.85. The molecule has 0 aliphatic heterocycles. The highest BCUT2D eigenvalue weighted by atomic mass is 79.9. The minimum absolute atomic E-state index is 0.0359. The summed E-state index contributed by atoms with van der Waals surface area (Å²) in [7, 11) is 0. The van der Waals surface area contributed by atoms with Crippen LogP contribution in [0.3, 0.4) is 0 Å². The van der Waals surface area contributed by atoms with Crippen molar-refractivity contribution in [1.82, 2.24) is 4.90 Å². The summed E-state index contributed by atoms with van der Waals surface area (Å²) >= 11 is 8.32. The van der Waals surface area contributed by atoms with E-state index in [1.165, 1.54) is 0 Å². The largest absolute Gasteiger partial charge is 0.393 e. The van der Waals surface area contributed by atoms with Crippen molar-refractivity contribution in [2.24, 2.45) is 11.7 Å². The van der Waals surface area contributed by atoms with E-state index >= 15 is 0 Å². The van der Waals surface area contributed by atoms with Crippen LogP contribution in [0.25, 0.3) is 0 Å². The van der Waals surface area contributed by atoms with E-state index in [1.807, 2.05) is 30.0 Å². The zero-order valence-electron chi connectivity index (χ0n) is 12.1. The molecule has 0 bridgehead atoms. The lowest BCUT2D eigenvalue weighted by Crippen LogP contribution is -2.36. The number of benzene rings is 1. The maximum Gasteiger partial charge on any atom is 0.254 e. The van der Waals surface area contributed by atoms with Gasteiger partial charge in [-0.05, 0) is 30.5 Å². The lowest BCUT2D eigenvalue weighted by atomic mass is 10.1. The number of nitrogens with two attached hydrogens (primary N) is 1. The van der Waals surface area contributed by atoms with Crippen molar-refractivity contribution in [2.75, 3.05) is 13.1 Å². The molecular formula is C15H21BrN2OS. The molecule has 0 atom stereocenters. The van der Waals surface area contributed by atoms with E-state index in [4.69, 9.17) is 18.0 Å². The Balaban J connectivity index is 2.96. The van der Waals surface area contributed by atoms with E-state index in [2.05, 4.69) is 29.8 Å². The van der Waals surface area contributed by atoms with E-state index in [1.54, 1.807) is 0 Å². The summed E-state index contributed by atoms with van der Waals surface area (Å²) < 4.78 is 0.908. The standard InChI is InChI=1S/C15H21BrN2OS/c1-10(2)9-18(7-6-14(17)20)15(19)13-8-12(16)5-4-11(13)3/h4-5,8,10H,6-7,9H2,1-3H3,(H2,17,20). The van der Waals surface area contributed by atoms with Crippen molar-refractivity contribution in [2.45, 2.75) is 27.2 Å². The molecule has 0 unspecified atom stereocenters. The van der Waals surface area contributed by atoms with Crippen LogP contribution in [0.1, 0.15) is 36.2 Å². The Kier molecular flexibility index (Phi) is 6.62. The molecule has 1 aromatic carbocycles. The SMILES string of the molecule is Cc1ccc(Br)cc1C(=O)N(CCC(N)=S)CC(C)C. The number of rotatable bonds is 6. The number of thiocarbonyl (C=S) groups is 1. The number of nitrogens with zero attached hydrogens (tertiary/aromatic N) is 1. The average Bonchev–Trinajstić information content (AvgIpc) is 2.36. The number of amides is 1. The van der Waals surface area contributed by atoms with Crippen LogP contribution in [0.15, 0.2) is 22.7 Å². The molecule has 1 amide bonds. The smallest absolute Gasteiger partial charge is 0.254 e. The minimum atomic E-state index is 0.0359. The van der Waals surface area contributed by atoms with Crippen LogP contribution in [0, 0.1) is 12.8 Å². The maximum absolute atomic E-state index is 12.7. The minimum Gasteiger partial charge on any atom is -0.393 e. The lowest BCUT2D eigenvalue weighted by Gasteiger charge is -2.25. The van der Waals surface area contributed by atoms with Gasteiger partial charge in [0.15, 0.2) is 0 Å². The fourth-order valence-corrected chi connectivity index (χ4v) is 2.41. The fourth-order valence-electron chi connectivity index (χ4n) is 1.96. The fraction of sp³-hybridized carbons (Fsp3) is 0.467. The molecule has 2 N–H and O–H groups in total. The number of carbonyl (C=O) groups is 1. The van der Waals surface area contributed by atoms with Gasteiger partial charge in [-0.1, -0.05) is 48.1 Å². The van der Waals surface area contributed by atoms with Crippen molar-refractivity contribution < 1.29 is 4.79 Å². The molecule has 0 fully saturated rings. The summed E-state index contributed by atoms with van der Waals surface area (Å²) in [6, 6.07) is 5.75. The van der Waals surface area contributed by atoms with Gasteiger partial charge in [0, 0.05) is 29.5 Å². The van der Waals surface area contributed by atoms with Crippen LogP contribution in [0.5, 0.6) is 0 Å². The van der Waals surface area contributed by atoms with Gasteiger partial charge in [-0.15, -0.1) is 0 Å². The van der Waals surface area contributed by atoms with Crippen LogP contribution in [-0.2, 0) is 0 Å². The van der Waals surface area contributed by atoms with Gasteiger partial charge in [0.25, 0.3) is 5.91 Å². The first-order chi connectivity index (χ1) is 9.31. The van der Waals surface area contributed by atoms with Crippen LogP contribution in [0.4, 0.5) is 0 Å². The van der Waals surface area contributed by atoms with Gasteiger partial charge in [0.2, 0.25) is 0 Å². The summed E-state index contributed by atoms with van der Waals surface area (Å²) in [5.41, 5.74) is 7.25. The zero-order chi connectivity index (χ0) is 15.3. The van der Waals surface area contributed by atoms with Crippen LogP contribution >= 0.6 is 28.1 Å². The van der Waals surface area contributed by atoms with Crippen LogP contribution < -0.4 is 5.73 Å². The number of hydrogen-bond acceptors (Lipinski definition) is 2. The van der Waals surface area contributed by atoms with Crippen LogP contribution in [-0.4, -0.2) is 28.9 Å². The molecule has 0 aliphatic carbocycles. The van der Waals surface area contributed by atoms with E-state index in [0.29, 0.717) is 30.4 Å². The van der Waals surface area contributed by atoms with Gasteiger partial charge >= 0.3 is 0 Å². The first-order valence-electron chi connectivity index (χ1n) is 6.65. The number of aryl methyl sites for hydroxylation is 1. The molecule has 0 spiro atoms. The summed E-state index contributed by atoms with van der Waals surface area (Å²) in [6.45, 7) is 7.40. The summed E-state index contributed by atoms with van der Waals surface area (Å²) in [6.07, 6.45) is 0.556. The van der Waals surface area contributed by atoms with Crippen molar-refractivity contribution in [3.63, 3.8) is 0 Å². The van der Waals surface area contributed by atoms with E-state index in [9.17, 15) is 4.79 Å². The van der Waals surface area contributed by atoms with Gasteiger partial charge in [0.1, 0.15) is 0 Å². The van der Waals surface area contributed by atoms with E-state index in [-0.39, 0.29) is 5.91 Å². The number of halogens is 1. The molecule has 1 aromatic rings. The van der Waals surface area contributed by atoms with Crippen molar-refractivity contribution in [3.8, 4) is 0 Å². The molecule has 20 heavy (non-hydrogen) atoms. The number of carbonyl (C=O) groups excluding carboxylic acids is 1. The lowest BCUT2D eigenvalue weighted by molar-refractivity contribution is 0.0740. The molecule has 110 valence electrons. The Bertz CT molecular complexity index is 503. The summed E-state index contributed by atoms with van der Waals surface area (Å²) in [5, 5.41) is 0. The molecule has 0 radical (unpaired) electrons. The van der Waals surface area contributed by atoms with Gasteiger partial charge < -0.3 is 10.6 Å². The monoisotopic (exact) mass is 356 g/mol. The maximum atomic E-state index is 12.7. The van der Waals surface area contributed by atoms with E-state index < -0.39 is 0 Å². The molecule has 0 heterocycles. The van der Waals surface area contributed by atoms with Crippen molar-refractivity contribution >= 4 is 39.0 Å². The highest BCUT2D eigenvalue weighted by Gasteiger charge is 2.19. The van der Waals surface area contributed by atoms with Gasteiger partial charge in [-0.3, -0.25) is 4.79 Å². The first kappa shape index (κ1) is 17.1. The third kappa shape index (κ3) is 5.21. The van der Waals surface area contributed by atoms with Crippen molar-refractivity contribution in [1.29, 1.82) is 0 Å². The molecule has 5 heteroatoms. The Hall–Kier alpha value is -0.940. The Labute approximate surface area is 134 Å². The highest BCUT2D eigenvalue weighted by Crippen LogP contribution is 2.18. The van der Waals surface area contributed by atoms with Crippen LogP contribution in [0.2, 0.25) is 0 Å². The predicted molar refractivity (Wildman–Crippen MR) is 91.0 cm³/mol. The Morgan fingerprint density at radius 3 is 2.65 bits per heavy atom. The summed E-state index contributed by atoms with van der Waals surface area (Å²) in [5.74, 6) is 0.437. The average molecular weight is 357 g/mol. The number of hydrogen-bond donors (Lipinski definition) is 1. The second-order valence-electron chi connectivity index (χ2n) is 5.32. The second kappa shape index (κ2) is 7.74. The Morgan fingerprint density at radius 2 is 2.10 bits per heavy atom. The molecule has 0 saturated carbocycles. The predicted octanol–water partition coefficient (Wildman–Crippen LogP) is 3.53. The van der Waals surface area contributed by atoms with Gasteiger partial charge in [-0.25, -0.2) is 0 Å². The Morgan fingerprint density at radius 1 is 1.45 bits per heavy atom. The molecule has 0 aliphatic rings. The molecular weight excluding hydrogens is 336 g/mol. The van der Waals surface area contributed by atoms with Crippen molar-refractivity contribution in [3.05, 3.63) is 33.8 Å². The van der Waals surface area contributed by atoms with E-state index in [0.717, 1.165) is 15.6 Å². The normalized spacial score (nSPS) is 10.7. The second-order valence-corrected chi connectivity index (χ2v) is 6.76. The molecule has 0 aromatic heterocycles. The molecule has 1 rings (SSSR count). The zero-order valence-corrected chi connectivity index (χ0v) is 14.6. The molecule has 0 saturated heterocycles. The molecule has 3 nitrogen and oxygen atoms in total. The highest BCUT2D eigenvalue weighted by molar-refractivity contribution is 9.10. The third-order valence-electron chi connectivity index (χ3n) is 2.93. The van der Waals surface area contributed by atoms with Gasteiger partial charge in [0.05, 0.1) is 4.99 Å². The summed E-state index contributed by atoms with van der Waals surface area (Å²) in [4.78, 5) is 15.0. The topological polar surface area (TPSA) is 46.3 Å². The quantitative estimate of drug-likeness (QED) is 0.793.